The first-order valence-corrected chi connectivity index (χ1v) is 14.5. The lowest BCUT2D eigenvalue weighted by atomic mass is 10.2. The summed E-state index contributed by atoms with van der Waals surface area (Å²) in [6, 6.07) is 25.7. The Morgan fingerprint density at radius 2 is 1.86 bits per heavy atom. The number of rotatable bonds is 7. The molecule has 42 heavy (non-hydrogen) atoms. The molecule has 4 aromatic carbocycles. The Hall–Kier alpha value is -4.11. The van der Waals surface area contributed by atoms with E-state index in [4.69, 9.17) is 37.3 Å². The Kier molecular flexibility index (Phi) is 7.77. The van der Waals surface area contributed by atoms with E-state index in [-0.39, 0.29) is 18.0 Å². The fraction of sp³-hybridized carbons (Fsp3) is 0.0938. The summed E-state index contributed by atoms with van der Waals surface area (Å²) in [6.45, 7) is 0.213. The fourth-order valence-corrected chi connectivity index (χ4v) is 5.30. The monoisotopic (exact) mass is 660 g/mol. The maximum atomic E-state index is 13.7. The van der Waals surface area contributed by atoms with Gasteiger partial charge < -0.3 is 14.1 Å². The minimum atomic E-state index is -0.325. The van der Waals surface area contributed by atoms with Crippen molar-refractivity contribution in [2.24, 2.45) is 5.10 Å². The highest BCUT2D eigenvalue weighted by Crippen LogP contribution is 2.30. The number of furan rings is 1. The van der Waals surface area contributed by atoms with Crippen LogP contribution in [-0.4, -0.2) is 30.0 Å². The van der Waals surface area contributed by atoms with E-state index in [1.54, 1.807) is 36.5 Å². The first-order chi connectivity index (χ1) is 20.3. The van der Waals surface area contributed by atoms with Gasteiger partial charge in [-0.05, 0) is 60.7 Å². The van der Waals surface area contributed by atoms with Gasteiger partial charge in [-0.25, -0.2) is 4.98 Å². The van der Waals surface area contributed by atoms with Gasteiger partial charge in [0.1, 0.15) is 17.9 Å². The highest BCUT2D eigenvalue weighted by Gasteiger charge is 2.17. The molecule has 0 unspecified atom stereocenters. The van der Waals surface area contributed by atoms with Gasteiger partial charge >= 0.3 is 0 Å². The summed E-state index contributed by atoms with van der Waals surface area (Å²) < 4.78 is 14.5. The van der Waals surface area contributed by atoms with Crippen LogP contribution in [0.25, 0.3) is 33.5 Å². The Morgan fingerprint density at radius 1 is 1.02 bits per heavy atom. The van der Waals surface area contributed by atoms with Crippen molar-refractivity contribution in [3.05, 3.63) is 121 Å². The summed E-state index contributed by atoms with van der Waals surface area (Å²) in [7, 11) is 3.89. The van der Waals surface area contributed by atoms with Gasteiger partial charge in [-0.3, -0.25) is 4.79 Å². The molecule has 7 nitrogen and oxygen atoms in total. The standard InChI is InChI=1S/C32H23BrCl2N4O3/c1-38(2)24-11-8-19(29(16-24)41-18-20-7-10-23(34)15-26(20)35)17-36-39-31(37-27-6-4-3-5-25(27)32(39)40)30-14-21-13-22(33)9-12-28(21)42-30/h3-17H,18H2,1-2H3. The first kappa shape index (κ1) is 28.0. The first-order valence-electron chi connectivity index (χ1n) is 12.9. The molecule has 0 amide bonds. The number of halogens is 3. The lowest BCUT2D eigenvalue weighted by Gasteiger charge is -2.16. The molecule has 0 atom stereocenters. The van der Waals surface area contributed by atoms with Crippen molar-refractivity contribution in [3.8, 4) is 17.3 Å². The lowest BCUT2D eigenvalue weighted by molar-refractivity contribution is 0.306. The van der Waals surface area contributed by atoms with Crippen molar-refractivity contribution in [2.75, 3.05) is 19.0 Å². The summed E-state index contributed by atoms with van der Waals surface area (Å²) in [5.74, 6) is 1.26. The normalized spacial score (nSPS) is 11.5. The van der Waals surface area contributed by atoms with Crippen LogP contribution in [0.1, 0.15) is 11.1 Å². The Bertz CT molecular complexity index is 2050. The fourth-order valence-electron chi connectivity index (χ4n) is 4.46. The topological polar surface area (TPSA) is 72.9 Å². The molecule has 0 aliphatic rings. The highest BCUT2D eigenvalue weighted by atomic mass is 79.9. The van der Waals surface area contributed by atoms with Gasteiger partial charge in [0.05, 0.1) is 17.1 Å². The molecule has 2 heterocycles. The van der Waals surface area contributed by atoms with Crippen LogP contribution in [0, 0.1) is 0 Å². The zero-order chi connectivity index (χ0) is 29.4. The quantitative estimate of drug-likeness (QED) is 0.161. The molecule has 10 heteroatoms. The number of aromatic nitrogens is 2. The van der Waals surface area contributed by atoms with E-state index in [2.05, 4.69) is 21.0 Å². The van der Waals surface area contributed by atoms with Gasteiger partial charge in [0, 0.05) is 56.9 Å². The van der Waals surface area contributed by atoms with Crippen LogP contribution in [0.15, 0.2) is 104 Å². The predicted molar refractivity (Wildman–Crippen MR) is 173 cm³/mol. The van der Waals surface area contributed by atoms with Gasteiger partial charge in [0.15, 0.2) is 5.76 Å². The van der Waals surface area contributed by atoms with E-state index < -0.39 is 0 Å². The van der Waals surface area contributed by atoms with Crippen LogP contribution in [0.3, 0.4) is 0 Å². The summed E-state index contributed by atoms with van der Waals surface area (Å²) in [6.07, 6.45) is 1.58. The van der Waals surface area contributed by atoms with Gasteiger partial charge in [-0.2, -0.15) is 9.78 Å². The van der Waals surface area contributed by atoms with E-state index >= 15 is 0 Å². The van der Waals surface area contributed by atoms with E-state index in [1.165, 1.54) is 4.68 Å². The second-order valence-electron chi connectivity index (χ2n) is 9.75. The molecule has 0 N–H and O–H groups in total. The summed E-state index contributed by atoms with van der Waals surface area (Å²) >= 11 is 15.9. The Morgan fingerprint density at radius 3 is 2.67 bits per heavy atom. The predicted octanol–water partition coefficient (Wildman–Crippen LogP) is 8.41. The highest BCUT2D eigenvalue weighted by molar-refractivity contribution is 9.10. The minimum Gasteiger partial charge on any atom is -0.488 e. The number of hydrogen-bond acceptors (Lipinski definition) is 6. The Balaban J connectivity index is 1.45. The van der Waals surface area contributed by atoms with Crippen molar-refractivity contribution in [1.29, 1.82) is 0 Å². The third kappa shape index (κ3) is 5.66. The summed E-state index contributed by atoms with van der Waals surface area (Å²) in [5, 5.41) is 6.99. The maximum absolute atomic E-state index is 13.7. The molecule has 0 aliphatic heterocycles. The number of para-hydroxylation sites is 1. The third-order valence-electron chi connectivity index (χ3n) is 6.68. The Labute approximate surface area is 259 Å². The van der Waals surface area contributed by atoms with E-state index in [0.29, 0.717) is 43.6 Å². The van der Waals surface area contributed by atoms with Crippen molar-refractivity contribution in [2.45, 2.75) is 6.61 Å². The largest absolute Gasteiger partial charge is 0.488 e. The van der Waals surface area contributed by atoms with Crippen LogP contribution in [0.5, 0.6) is 5.75 Å². The number of fused-ring (bicyclic) bond motifs is 2. The number of ether oxygens (including phenoxy) is 1. The third-order valence-corrected chi connectivity index (χ3v) is 7.76. The van der Waals surface area contributed by atoms with Crippen LogP contribution in [0.2, 0.25) is 10.0 Å². The molecule has 0 saturated heterocycles. The molecule has 0 spiro atoms. The molecule has 0 aliphatic carbocycles. The van der Waals surface area contributed by atoms with Gasteiger partial charge in [-0.15, -0.1) is 0 Å². The summed E-state index contributed by atoms with van der Waals surface area (Å²) in [4.78, 5) is 20.5. The molecule has 6 aromatic rings. The van der Waals surface area contributed by atoms with Crippen LogP contribution in [-0.2, 0) is 6.61 Å². The molecule has 0 bridgehead atoms. The number of hydrogen-bond donors (Lipinski definition) is 0. The number of anilines is 1. The average molecular weight is 662 g/mol. The molecular formula is C32H23BrCl2N4O3. The molecule has 6 rings (SSSR count). The van der Waals surface area contributed by atoms with Crippen LogP contribution < -0.4 is 15.2 Å². The molecule has 210 valence electrons. The smallest absolute Gasteiger partial charge is 0.282 e. The maximum Gasteiger partial charge on any atom is 0.282 e. The van der Waals surface area contributed by atoms with Crippen LogP contribution >= 0.6 is 39.1 Å². The molecule has 2 aromatic heterocycles. The number of nitrogens with zero attached hydrogens (tertiary/aromatic N) is 4. The van der Waals surface area contributed by atoms with Crippen molar-refractivity contribution in [1.82, 2.24) is 9.66 Å². The lowest BCUT2D eigenvalue weighted by Crippen LogP contribution is -2.20. The van der Waals surface area contributed by atoms with Crippen LogP contribution in [0.4, 0.5) is 5.69 Å². The second-order valence-corrected chi connectivity index (χ2v) is 11.5. The minimum absolute atomic E-state index is 0.213. The molecule has 0 radical (unpaired) electrons. The van der Waals surface area contributed by atoms with Gasteiger partial charge in [0.2, 0.25) is 5.82 Å². The zero-order valence-corrected chi connectivity index (χ0v) is 25.6. The molecule has 0 saturated carbocycles. The average Bonchev–Trinajstić information content (AvgIpc) is 3.39. The zero-order valence-electron chi connectivity index (χ0n) is 22.5. The van der Waals surface area contributed by atoms with Crippen molar-refractivity contribution in [3.63, 3.8) is 0 Å². The van der Waals surface area contributed by atoms with E-state index in [0.717, 1.165) is 21.1 Å². The number of benzene rings is 4. The molecule has 0 fully saturated rings. The van der Waals surface area contributed by atoms with Crippen molar-refractivity contribution >= 4 is 72.9 Å². The van der Waals surface area contributed by atoms with Crippen molar-refractivity contribution < 1.29 is 9.15 Å². The SMILES string of the molecule is CN(C)c1ccc(C=Nn2c(-c3cc4cc(Br)ccc4o3)nc3ccccc3c2=O)c(OCc2ccc(Cl)cc2Cl)c1. The summed E-state index contributed by atoms with van der Waals surface area (Å²) in [5.41, 5.74) is 3.27. The second kappa shape index (κ2) is 11.6. The molecular weight excluding hydrogens is 639 g/mol. The van der Waals surface area contributed by atoms with Gasteiger partial charge in [0.25, 0.3) is 5.56 Å². The van der Waals surface area contributed by atoms with Gasteiger partial charge in [-0.1, -0.05) is 57.3 Å². The van der Waals surface area contributed by atoms with E-state index in [9.17, 15) is 4.79 Å². The van der Waals surface area contributed by atoms with E-state index in [1.807, 2.05) is 73.6 Å².